The van der Waals surface area contributed by atoms with Gasteiger partial charge < -0.3 is 20.0 Å². The monoisotopic (exact) mass is 335 g/mol. The van der Waals surface area contributed by atoms with Crippen molar-refractivity contribution in [2.75, 3.05) is 0 Å². The molecule has 0 aromatic heterocycles. The van der Waals surface area contributed by atoms with Crippen LogP contribution >= 0.6 is 0 Å². The van der Waals surface area contributed by atoms with Gasteiger partial charge in [0.15, 0.2) is 0 Å². The molecule has 0 aliphatic carbocycles. The van der Waals surface area contributed by atoms with E-state index in [1.165, 1.54) is 13.8 Å². The number of rotatable bonds is 2. The normalized spacial score (nSPS) is 11.3. The summed E-state index contributed by atoms with van der Waals surface area (Å²) in [7, 11) is 0. The first-order valence-electron chi connectivity index (χ1n) is 4.27. The molecule has 0 heterocycles. The van der Waals surface area contributed by atoms with Crippen LogP contribution in [0.5, 0.6) is 0 Å². The number of carbonyl (C=O) groups excluding carboxylic acids is 2. The fourth-order valence-electron chi connectivity index (χ4n) is 0.610. The van der Waals surface area contributed by atoms with Gasteiger partial charge in [0.05, 0.1) is 11.5 Å². The van der Waals surface area contributed by atoms with E-state index in [2.05, 4.69) is 5.32 Å². The van der Waals surface area contributed by atoms with E-state index < -0.39 is 23.2 Å². The van der Waals surface area contributed by atoms with E-state index in [0.29, 0.717) is 0 Å². The molecule has 0 fully saturated rings. The number of alkyl carbamates (subject to hydrolysis) is 1. The Labute approximate surface area is 149 Å². The number of aliphatic carboxylic acids is 1. The molecule has 0 spiro atoms. The molecule has 0 bridgehead atoms. The average molecular weight is 335 g/mol. The minimum atomic E-state index is -1.43. The molecule has 0 aliphatic rings. The molecule has 0 aliphatic heterocycles. The molecule has 82 valence electrons. The second kappa shape index (κ2) is 6.51. The van der Waals surface area contributed by atoms with Crippen molar-refractivity contribution in [3.8, 4) is 0 Å². The quantitative estimate of drug-likeness (QED) is 0.585. The molecular weight excluding hydrogens is 319 g/mol. The van der Waals surface area contributed by atoms with E-state index in [1.807, 2.05) is 0 Å². The summed E-state index contributed by atoms with van der Waals surface area (Å²) in [5.41, 5.74) is -2.07. The Hall–Kier alpha value is 0.792. The third-order valence-corrected chi connectivity index (χ3v) is 1.32. The number of nitrogens with one attached hydrogen (secondary N) is 1. The summed E-state index contributed by atoms with van der Waals surface area (Å²) in [5.74, 6) is -1.36. The van der Waals surface area contributed by atoms with E-state index in [0.717, 1.165) is 0 Å². The van der Waals surface area contributed by atoms with Crippen LogP contribution in [0.25, 0.3) is 0 Å². The fraction of sp³-hybridized carbons (Fsp3) is 0.778. The predicted molar refractivity (Wildman–Crippen MR) is 48.5 cm³/mol. The van der Waals surface area contributed by atoms with Crippen molar-refractivity contribution < 1.29 is 88.3 Å². The number of carboxylic acids is 1. The van der Waals surface area contributed by atoms with Crippen LogP contribution in [0.4, 0.5) is 4.79 Å². The Morgan fingerprint density at radius 1 is 1.13 bits per heavy atom. The third-order valence-electron chi connectivity index (χ3n) is 1.32. The molecule has 0 saturated carbocycles. The van der Waals surface area contributed by atoms with Gasteiger partial charge in [-0.15, -0.1) is 0 Å². The molecule has 0 aromatic rings. The minimum absolute atomic E-state index is 0. The topological polar surface area (TPSA) is 78.5 Å². The molecule has 1 amide bonds. The van der Waals surface area contributed by atoms with Gasteiger partial charge in [-0.3, -0.25) is 0 Å². The SMILES string of the molecule is CC(C)(C)OC(=O)NC(C)(C)C(=O)[O-].[Cs+]. The Morgan fingerprint density at radius 2 is 1.53 bits per heavy atom. The van der Waals surface area contributed by atoms with Gasteiger partial charge in [-0.2, -0.15) is 0 Å². The van der Waals surface area contributed by atoms with Crippen molar-refractivity contribution in [3.63, 3.8) is 0 Å². The first-order chi connectivity index (χ1) is 6.04. The molecule has 5 nitrogen and oxygen atoms in total. The maximum atomic E-state index is 11.2. The predicted octanol–water partition coefficient (Wildman–Crippen LogP) is -2.96. The summed E-state index contributed by atoms with van der Waals surface area (Å²) >= 11 is 0. The van der Waals surface area contributed by atoms with Gasteiger partial charge in [-0.05, 0) is 34.6 Å². The molecule has 0 unspecified atom stereocenters. The van der Waals surface area contributed by atoms with E-state index in [-0.39, 0.29) is 68.9 Å². The Morgan fingerprint density at radius 3 is 1.80 bits per heavy atom. The number of hydrogen-bond acceptors (Lipinski definition) is 4. The summed E-state index contributed by atoms with van der Waals surface area (Å²) in [6.45, 7) is 7.73. The van der Waals surface area contributed by atoms with Gasteiger partial charge in [-0.1, -0.05) is 0 Å². The largest absolute Gasteiger partial charge is 1.00 e. The van der Waals surface area contributed by atoms with Gasteiger partial charge >= 0.3 is 75.0 Å². The van der Waals surface area contributed by atoms with Gasteiger partial charge in [-0.25, -0.2) is 4.79 Å². The number of ether oxygens (including phenoxy) is 1. The van der Waals surface area contributed by atoms with Crippen molar-refractivity contribution >= 4 is 12.1 Å². The summed E-state index contributed by atoms with van der Waals surface area (Å²) < 4.78 is 4.88. The molecule has 0 atom stereocenters. The zero-order valence-electron chi connectivity index (χ0n) is 10.1. The molecule has 0 rings (SSSR count). The van der Waals surface area contributed by atoms with Crippen molar-refractivity contribution in [2.24, 2.45) is 0 Å². The van der Waals surface area contributed by atoms with Gasteiger partial charge in [0.2, 0.25) is 0 Å². The average Bonchev–Trinajstić information content (AvgIpc) is 1.79. The molecule has 0 saturated heterocycles. The minimum Gasteiger partial charge on any atom is -0.548 e. The maximum Gasteiger partial charge on any atom is 1.00 e. The van der Waals surface area contributed by atoms with E-state index in [1.54, 1.807) is 20.8 Å². The van der Waals surface area contributed by atoms with Crippen LogP contribution in [0, 0.1) is 0 Å². The number of hydrogen-bond donors (Lipinski definition) is 1. The van der Waals surface area contributed by atoms with Crippen LogP contribution < -0.4 is 79.3 Å². The first kappa shape index (κ1) is 18.2. The maximum absolute atomic E-state index is 11.2. The van der Waals surface area contributed by atoms with E-state index in [4.69, 9.17) is 4.74 Å². The molecule has 6 heteroatoms. The van der Waals surface area contributed by atoms with Crippen molar-refractivity contribution in [1.29, 1.82) is 0 Å². The summed E-state index contributed by atoms with van der Waals surface area (Å²) in [4.78, 5) is 21.7. The van der Waals surface area contributed by atoms with Gasteiger partial charge in [0.1, 0.15) is 5.60 Å². The summed E-state index contributed by atoms with van der Waals surface area (Å²) in [5, 5.41) is 12.7. The van der Waals surface area contributed by atoms with Crippen molar-refractivity contribution in [1.82, 2.24) is 5.32 Å². The third kappa shape index (κ3) is 8.58. The number of amides is 1. The van der Waals surface area contributed by atoms with Gasteiger partial charge in [0.25, 0.3) is 0 Å². The molecule has 15 heavy (non-hydrogen) atoms. The smallest absolute Gasteiger partial charge is 0.548 e. The van der Waals surface area contributed by atoms with Crippen LogP contribution in [-0.4, -0.2) is 23.2 Å². The standard InChI is InChI=1S/C9H17NO4.Cs/c1-8(2,3)14-7(13)10-9(4,5)6(11)12;/h1-5H3,(H,10,13)(H,11,12);/q;+1/p-1. The summed E-state index contributed by atoms with van der Waals surface area (Å²) in [6, 6.07) is 0. The van der Waals surface area contributed by atoms with Crippen molar-refractivity contribution in [2.45, 2.75) is 45.8 Å². The second-order valence-electron chi connectivity index (χ2n) is 4.54. The van der Waals surface area contributed by atoms with Crippen LogP contribution in [0.1, 0.15) is 34.6 Å². The van der Waals surface area contributed by atoms with E-state index >= 15 is 0 Å². The van der Waals surface area contributed by atoms with E-state index in [9.17, 15) is 14.7 Å². The fourth-order valence-corrected chi connectivity index (χ4v) is 0.610. The Bertz CT molecular complexity index is 245. The van der Waals surface area contributed by atoms with Crippen molar-refractivity contribution in [3.05, 3.63) is 0 Å². The number of carboxylic acid groups (broad SMARTS) is 1. The van der Waals surface area contributed by atoms with Crippen LogP contribution in [0.3, 0.4) is 0 Å². The van der Waals surface area contributed by atoms with Crippen LogP contribution in [0.15, 0.2) is 0 Å². The molecular formula is C9H16CsNO4. The van der Waals surface area contributed by atoms with Gasteiger partial charge in [0, 0.05) is 0 Å². The molecule has 0 radical (unpaired) electrons. The first-order valence-corrected chi connectivity index (χ1v) is 4.27. The molecule has 0 aromatic carbocycles. The second-order valence-corrected chi connectivity index (χ2v) is 4.54. The number of carbonyl (C=O) groups is 2. The Kier molecular flexibility index (Phi) is 7.88. The zero-order chi connectivity index (χ0) is 11.6. The van der Waals surface area contributed by atoms with Crippen LogP contribution in [0.2, 0.25) is 0 Å². The summed E-state index contributed by atoms with van der Waals surface area (Å²) in [6.07, 6.45) is -0.772. The molecule has 1 N–H and O–H groups in total. The van der Waals surface area contributed by atoms with Crippen LogP contribution in [-0.2, 0) is 9.53 Å². The Balaban J connectivity index is 0. The zero-order valence-corrected chi connectivity index (χ0v) is 16.4.